The predicted octanol–water partition coefficient (Wildman–Crippen LogP) is 2.08. The Kier molecular flexibility index (Phi) is 2.99. The molecule has 19 heavy (non-hydrogen) atoms. The van der Waals surface area contributed by atoms with Crippen LogP contribution in [0.2, 0.25) is 0 Å². The van der Waals surface area contributed by atoms with E-state index in [2.05, 4.69) is 20.4 Å². The van der Waals surface area contributed by atoms with Gasteiger partial charge in [-0.25, -0.2) is 10.5 Å². The monoisotopic (exact) mass is 256 g/mol. The highest BCUT2D eigenvalue weighted by Gasteiger charge is 2.08. The fourth-order valence-electron chi connectivity index (χ4n) is 1.79. The van der Waals surface area contributed by atoms with Crippen LogP contribution in [0.25, 0.3) is 11.0 Å². The van der Waals surface area contributed by atoms with Crippen molar-refractivity contribution in [3.8, 4) is 0 Å². The molecule has 0 aliphatic heterocycles. The first-order valence-electron chi connectivity index (χ1n) is 5.79. The van der Waals surface area contributed by atoms with E-state index in [0.717, 1.165) is 11.0 Å². The fourth-order valence-corrected chi connectivity index (χ4v) is 1.79. The average molecular weight is 256 g/mol. The minimum atomic E-state index is 0.271. The van der Waals surface area contributed by atoms with E-state index in [1.54, 1.807) is 12.3 Å². The van der Waals surface area contributed by atoms with Crippen molar-refractivity contribution < 1.29 is 9.62 Å². The molecule has 3 aromatic rings. The van der Waals surface area contributed by atoms with E-state index < -0.39 is 0 Å². The minimum Gasteiger partial charge on any atom is -0.467 e. The molecule has 96 valence electrons. The Labute approximate surface area is 108 Å². The molecule has 0 bridgehead atoms. The third-order valence-corrected chi connectivity index (χ3v) is 2.69. The summed E-state index contributed by atoms with van der Waals surface area (Å²) >= 11 is 0. The number of nitrogens with zero attached hydrogens (tertiary/aromatic N) is 2. The van der Waals surface area contributed by atoms with Crippen molar-refractivity contribution in [2.45, 2.75) is 6.54 Å². The summed E-state index contributed by atoms with van der Waals surface area (Å²) in [6, 6.07) is 11.2. The second kappa shape index (κ2) is 4.95. The zero-order valence-electron chi connectivity index (χ0n) is 10.00. The molecule has 0 saturated carbocycles. The lowest BCUT2D eigenvalue weighted by Gasteiger charge is -1.99. The Bertz CT molecular complexity index is 667. The van der Waals surface area contributed by atoms with Gasteiger partial charge in [-0.2, -0.15) is 0 Å². The first-order chi connectivity index (χ1) is 9.36. The van der Waals surface area contributed by atoms with Crippen molar-refractivity contribution >= 4 is 16.9 Å². The van der Waals surface area contributed by atoms with Gasteiger partial charge < -0.3 is 9.40 Å². The maximum atomic E-state index is 9.16. The summed E-state index contributed by atoms with van der Waals surface area (Å²) in [6.07, 6.45) is 1.58. The fraction of sp³-hybridized carbons (Fsp3) is 0.0769. The van der Waals surface area contributed by atoms with E-state index in [4.69, 9.17) is 9.62 Å². The third-order valence-electron chi connectivity index (χ3n) is 2.69. The molecule has 0 atom stereocenters. The molecule has 3 N–H and O–H groups in total. The van der Waals surface area contributed by atoms with Gasteiger partial charge in [-0.05, 0) is 24.3 Å². The van der Waals surface area contributed by atoms with Gasteiger partial charge in [0.05, 0.1) is 23.8 Å². The number of aromatic amines is 1. The van der Waals surface area contributed by atoms with Crippen LogP contribution in [0, 0.1) is 0 Å². The second-order valence-electron chi connectivity index (χ2n) is 3.96. The molecule has 2 aromatic heterocycles. The number of imidazole rings is 1. The summed E-state index contributed by atoms with van der Waals surface area (Å²) in [5, 5.41) is 9.16. The molecular formula is C13H12N4O2. The number of aliphatic imine (C=N–C) groups is 1. The van der Waals surface area contributed by atoms with Crippen molar-refractivity contribution in [3.05, 3.63) is 54.2 Å². The molecular weight excluding hydrogens is 244 g/mol. The SMILES string of the molecule is ONC(=NCc1ccco1)c1nc2ccccc2[nH]1. The Balaban J connectivity index is 1.90. The maximum Gasteiger partial charge on any atom is 0.189 e. The lowest BCUT2D eigenvalue weighted by atomic mass is 10.3. The Morgan fingerprint density at radius 2 is 2.21 bits per heavy atom. The van der Waals surface area contributed by atoms with Gasteiger partial charge in [-0.3, -0.25) is 10.2 Å². The molecule has 0 saturated heterocycles. The molecule has 0 spiro atoms. The average Bonchev–Trinajstić information content (AvgIpc) is 3.08. The molecule has 0 radical (unpaired) electrons. The van der Waals surface area contributed by atoms with E-state index >= 15 is 0 Å². The van der Waals surface area contributed by atoms with Crippen LogP contribution in [0.5, 0.6) is 0 Å². The highest BCUT2D eigenvalue weighted by Crippen LogP contribution is 2.11. The summed E-state index contributed by atoms with van der Waals surface area (Å²) < 4.78 is 5.18. The summed E-state index contributed by atoms with van der Waals surface area (Å²) in [5.41, 5.74) is 3.76. The molecule has 6 heteroatoms. The predicted molar refractivity (Wildman–Crippen MR) is 70.0 cm³/mol. The molecule has 0 amide bonds. The van der Waals surface area contributed by atoms with Crippen LogP contribution in [0.4, 0.5) is 0 Å². The summed E-state index contributed by atoms with van der Waals surface area (Å²) in [6.45, 7) is 0.326. The number of hydrogen-bond acceptors (Lipinski definition) is 4. The van der Waals surface area contributed by atoms with E-state index in [1.165, 1.54) is 0 Å². The van der Waals surface area contributed by atoms with Crippen molar-refractivity contribution in [2.75, 3.05) is 0 Å². The summed E-state index contributed by atoms with van der Waals surface area (Å²) in [7, 11) is 0. The Morgan fingerprint density at radius 1 is 1.32 bits per heavy atom. The molecule has 0 aliphatic carbocycles. The Hall–Kier alpha value is -2.60. The molecule has 6 nitrogen and oxygen atoms in total. The summed E-state index contributed by atoms with van der Waals surface area (Å²) in [4.78, 5) is 11.6. The smallest absolute Gasteiger partial charge is 0.189 e. The van der Waals surface area contributed by atoms with Gasteiger partial charge in [0.2, 0.25) is 0 Å². The molecule has 0 fully saturated rings. The van der Waals surface area contributed by atoms with E-state index in [9.17, 15) is 0 Å². The molecule has 2 heterocycles. The summed E-state index contributed by atoms with van der Waals surface area (Å²) in [5.74, 6) is 1.46. The number of benzene rings is 1. The zero-order chi connectivity index (χ0) is 13.1. The van der Waals surface area contributed by atoms with Gasteiger partial charge in [0.1, 0.15) is 5.76 Å². The van der Waals surface area contributed by atoms with Gasteiger partial charge in [0.25, 0.3) is 0 Å². The van der Waals surface area contributed by atoms with Crippen LogP contribution in [-0.2, 0) is 6.54 Å². The number of aromatic nitrogens is 2. The number of nitrogens with one attached hydrogen (secondary N) is 2. The van der Waals surface area contributed by atoms with Crippen LogP contribution >= 0.6 is 0 Å². The van der Waals surface area contributed by atoms with Crippen molar-refractivity contribution in [3.63, 3.8) is 0 Å². The number of amidine groups is 1. The molecule has 1 aromatic carbocycles. The quantitative estimate of drug-likeness (QED) is 0.380. The van der Waals surface area contributed by atoms with Gasteiger partial charge in [0.15, 0.2) is 11.7 Å². The van der Waals surface area contributed by atoms with Gasteiger partial charge in [0, 0.05) is 0 Å². The van der Waals surface area contributed by atoms with Crippen LogP contribution in [-0.4, -0.2) is 21.0 Å². The van der Waals surface area contributed by atoms with Crippen LogP contribution in [0.1, 0.15) is 11.6 Å². The number of H-pyrrole nitrogens is 1. The normalized spacial score (nSPS) is 11.9. The number of furan rings is 1. The van der Waals surface area contributed by atoms with E-state index in [1.807, 2.05) is 30.3 Å². The molecule has 3 rings (SSSR count). The third kappa shape index (κ3) is 2.34. The number of para-hydroxylation sites is 2. The highest BCUT2D eigenvalue weighted by atomic mass is 16.5. The van der Waals surface area contributed by atoms with Crippen molar-refractivity contribution in [1.82, 2.24) is 15.4 Å². The number of hydrogen-bond donors (Lipinski definition) is 3. The van der Waals surface area contributed by atoms with E-state index in [-0.39, 0.29) is 5.84 Å². The van der Waals surface area contributed by atoms with Crippen LogP contribution in [0.3, 0.4) is 0 Å². The largest absolute Gasteiger partial charge is 0.467 e. The van der Waals surface area contributed by atoms with Gasteiger partial charge >= 0.3 is 0 Å². The van der Waals surface area contributed by atoms with Crippen molar-refractivity contribution in [2.24, 2.45) is 4.99 Å². The molecule has 0 unspecified atom stereocenters. The number of rotatable bonds is 3. The lowest BCUT2D eigenvalue weighted by molar-refractivity contribution is 0.234. The van der Waals surface area contributed by atoms with Gasteiger partial charge in [-0.15, -0.1) is 0 Å². The first kappa shape index (κ1) is 11.5. The minimum absolute atomic E-state index is 0.271. The number of fused-ring (bicyclic) bond motifs is 1. The van der Waals surface area contributed by atoms with Crippen LogP contribution in [0.15, 0.2) is 52.1 Å². The Morgan fingerprint density at radius 3 is 2.95 bits per heavy atom. The number of hydroxylamine groups is 1. The maximum absolute atomic E-state index is 9.16. The van der Waals surface area contributed by atoms with Crippen molar-refractivity contribution in [1.29, 1.82) is 0 Å². The lowest BCUT2D eigenvalue weighted by Crippen LogP contribution is -2.22. The van der Waals surface area contributed by atoms with Gasteiger partial charge in [-0.1, -0.05) is 12.1 Å². The topological polar surface area (TPSA) is 86.4 Å². The highest BCUT2D eigenvalue weighted by molar-refractivity contribution is 5.97. The van der Waals surface area contributed by atoms with Crippen LogP contribution < -0.4 is 5.48 Å². The standard InChI is InChI=1S/C13H12N4O2/c18-17-12(14-8-9-4-3-7-19-9)13-15-10-5-1-2-6-11(10)16-13/h1-7,18H,8H2,(H,14,17)(H,15,16). The van der Waals surface area contributed by atoms with E-state index in [0.29, 0.717) is 18.1 Å². The second-order valence-corrected chi connectivity index (χ2v) is 3.96. The molecule has 0 aliphatic rings. The first-order valence-corrected chi connectivity index (χ1v) is 5.79. The zero-order valence-corrected chi connectivity index (χ0v) is 10.00.